The predicted octanol–water partition coefficient (Wildman–Crippen LogP) is 3.38. The number of halogens is 1. The molecule has 0 amide bonds. The molecule has 1 heterocycles. The first-order valence-electron chi connectivity index (χ1n) is 6.66. The lowest BCUT2D eigenvalue weighted by Gasteiger charge is -2.14. The van der Waals surface area contributed by atoms with Crippen LogP contribution in [0.2, 0.25) is 0 Å². The summed E-state index contributed by atoms with van der Waals surface area (Å²) in [6.45, 7) is 7.03. The van der Waals surface area contributed by atoms with Gasteiger partial charge in [-0.05, 0) is 50.1 Å². The summed E-state index contributed by atoms with van der Waals surface area (Å²) in [5, 5.41) is 7.48. The van der Waals surface area contributed by atoms with Crippen LogP contribution in [0.4, 0.5) is 4.39 Å². The fourth-order valence-corrected chi connectivity index (χ4v) is 2.00. The molecule has 0 bridgehead atoms. The van der Waals surface area contributed by atoms with Crippen molar-refractivity contribution in [1.29, 1.82) is 0 Å². The van der Waals surface area contributed by atoms with Crippen LogP contribution in [0.15, 0.2) is 30.6 Å². The first-order valence-corrected chi connectivity index (χ1v) is 6.66. The second-order valence-electron chi connectivity index (χ2n) is 4.85. The standard InChI is InChI=1S/C15H20FN3/c1-4-7-17-12(3)13-5-6-15(14(16)8-13)19-10-11(2)9-18-19/h5-6,8-10,12,17H,4,7H2,1-3H3. The highest BCUT2D eigenvalue weighted by atomic mass is 19.1. The molecule has 3 nitrogen and oxygen atoms in total. The molecule has 1 N–H and O–H groups in total. The van der Waals surface area contributed by atoms with E-state index in [0.29, 0.717) is 5.69 Å². The second kappa shape index (κ2) is 5.97. The zero-order valence-electron chi connectivity index (χ0n) is 11.7. The summed E-state index contributed by atoms with van der Waals surface area (Å²) in [7, 11) is 0. The number of aryl methyl sites for hydroxylation is 1. The highest BCUT2D eigenvalue weighted by Crippen LogP contribution is 2.19. The third-order valence-corrected chi connectivity index (χ3v) is 3.13. The minimum atomic E-state index is -0.245. The van der Waals surface area contributed by atoms with Crippen LogP contribution < -0.4 is 5.32 Å². The first-order chi connectivity index (χ1) is 9.11. The van der Waals surface area contributed by atoms with Crippen LogP contribution in [0, 0.1) is 12.7 Å². The topological polar surface area (TPSA) is 29.9 Å². The van der Waals surface area contributed by atoms with Crippen LogP contribution in [0.1, 0.15) is 37.4 Å². The van der Waals surface area contributed by atoms with E-state index in [4.69, 9.17) is 0 Å². The van der Waals surface area contributed by atoms with Crippen LogP contribution in [0.5, 0.6) is 0 Å². The van der Waals surface area contributed by atoms with Gasteiger partial charge in [-0.3, -0.25) is 0 Å². The van der Waals surface area contributed by atoms with Gasteiger partial charge in [-0.2, -0.15) is 5.10 Å². The summed E-state index contributed by atoms with van der Waals surface area (Å²) in [4.78, 5) is 0. The summed E-state index contributed by atoms with van der Waals surface area (Å²) in [6.07, 6.45) is 4.60. The van der Waals surface area contributed by atoms with Gasteiger partial charge in [0.25, 0.3) is 0 Å². The van der Waals surface area contributed by atoms with Gasteiger partial charge in [-0.25, -0.2) is 9.07 Å². The second-order valence-corrected chi connectivity index (χ2v) is 4.85. The molecule has 2 rings (SSSR count). The van der Waals surface area contributed by atoms with E-state index in [1.165, 1.54) is 0 Å². The summed E-state index contributed by atoms with van der Waals surface area (Å²) in [6, 6.07) is 5.46. The van der Waals surface area contributed by atoms with Gasteiger partial charge in [0.2, 0.25) is 0 Å². The van der Waals surface area contributed by atoms with Crippen molar-refractivity contribution in [2.75, 3.05) is 6.54 Å². The van der Waals surface area contributed by atoms with Gasteiger partial charge in [0.1, 0.15) is 11.5 Å². The molecule has 0 spiro atoms. The maximum absolute atomic E-state index is 14.1. The molecule has 2 aromatic rings. The first kappa shape index (κ1) is 13.7. The highest BCUT2D eigenvalue weighted by Gasteiger charge is 2.10. The zero-order chi connectivity index (χ0) is 13.8. The van der Waals surface area contributed by atoms with Gasteiger partial charge in [0, 0.05) is 12.2 Å². The van der Waals surface area contributed by atoms with Crippen molar-refractivity contribution >= 4 is 0 Å². The van der Waals surface area contributed by atoms with Gasteiger partial charge in [0.15, 0.2) is 0 Å². The van der Waals surface area contributed by atoms with Crippen molar-refractivity contribution in [1.82, 2.24) is 15.1 Å². The Balaban J connectivity index is 2.22. The lowest BCUT2D eigenvalue weighted by Crippen LogP contribution is -2.19. The van der Waals surface area contributed by atoms with E-state index in [0.717, 1.165) is 24.1 Å². The molecule has 4 heteroatoms. The lowest BCUT2D eigenvalue weighted by atomic mass is 10.1. The minimum absolute atomic E-state index is 0.155. The van der Waals surface area contributed by atoms with E-state index in [9.17, 15) is 4.39 Å². The number of benzene rings is 1. The van der Waals surface area contributed by atoms with E-state index < -0.39 is 0 Å². The SMILES string of the molecule is CCCNC(C)c1ccc(-n2cc(C)cn2)c(F)c1. The fourth-order valence-electron chi connectivity index (χ4n) is 2.00. The van der Waals surface area contributed by atoms with Crippen molar-refractivity contribution in [2.45, 2.75) is 33.2 Å². The Morgan fingerprint density at radius 1 is 1.42 bits per heavy atom. The van der Waals surface area contributed by atoms with Crippen molar-refractivity contribution in [2.24, 2.45) is 0 Å². The molecule has 0 aliphatic rings. The van der Waals surface area contributed by atoms with Crippen LogP contribution in [-0.4, -0.2) is 16.3 Å². The lowest BCUT2D eigenvalue weighted by molar-refractivity contribution is 0.559. The Morgan fingerprint density at radius 2 is 2.21 bits per heavy atom. The molecule has 0 aliphatic carbocycles. The molecule has 19 heavy (non-hydrogen) atoms. The van der Waals surface area contributed by atoms with Crippen LogP contribution in [0.3, 0.4) is 0 Å². The van der Waals surface area contributed by atoms with Gasteiger partial charge in [-0.1, -0.05) is 13.0 Å². The van der Waals surface area contributed by atoms with Crippen LogP contribution in [-0.2, 0) is 0 Å². The van der Waals surface area contributed by atoms with Gasteiger partial charge < -0.3 is 5.32 Å². The van der Waals surface area contributed by atoms with E-state index in [-0.39, 0.29) is 11.9 Å². The Bertz CT molecular complexity index is 548. The van der Waals surface area contributed by atoms with Gasteiger partial charge >= 0.3 is 0 Å². The maximum Gasteiger partial charge on any atom is 0.149 e. The molecule has 0 saturated heterocycles. The molecular formula is C15H20FN3. The smallest absolute Gasteiger partial charge is 0.149 e. The fraction of sp³-hybridized carbons (Fsp3) is 0.400. The molecule has 102 valence electrons. The van der Waals surface area contributed by atoms with Crippen molar-refractivity contribution < 1.29 is 4.39 Å². The maximum atomic E-state index is 14.1. The molecule has 0 radical (unpaired) electrons. The number of aromatic nitrogens is 2. The summed E-state index contributed by atoms with van der Waals surface area (Å²) < 4.78 is 15.7. The Labute approximate surface area is 113 Å². The number of rotatable bonds is 5. The number of hydrogen-bond acceptors (Lipinski definition) is 2. The molecule has 0 aliphatic heterocycles. The Hall–Kier alpha value is -1.68. The molecular weight excluding hydrogens is 241 g/mol. The van der Waals surface area contributed by atoms with E-state index in [1.807, 2.05) is 26.1 Å². The summed E-state index contributed by atoms with van der Waals surface area (Å²) >= 11 is 0. The minimum Gasteiger partial charge on any atom is -0.310 e. The third kappa shape index (κ3) is 3.20. The van der Waals surface area contributed by atoms with E-state index >= 15 is 0 Å². The van der Waals surface area contributed by atoms with Crippen molar-refractivity contribution in [3.8, 4) is 5.69 Å². The predicted molar refractivity (Wildman–Crippen MR) is 75.0 cm³/mol. The molecule has 1 unspecified atom stereocenters. The quantitative estimate of drug-likeness (QED) is 0.894. The van der Waals surface area contributed by atoms with E-state index in [1.54, 1.807) is 23.0 Å². The number of hydrogen-bond donors (Lipinski definition) is 1. The van der Waals surface area contributed by atoms with Gasteiger partial charge in [0.05, 0.1) is 6.20 Å². The Morgan fingerprint density at radius 3 is 2.79 bits per heavy atom. The van der Waals surface area contributed by atoms with Crippen molar-refractivity contribution in [3.63, 3.8) is 0 Å². The number of nitrogens with zero attached hydrogens (tertiary/aromatic N) is 2. The monoisotopic (exact) mass is 261 g/mol. The zero-order valence-corrected chi connectivity index (χ0v) is 11.7. The van der Waals surface area contributed by atoms with Gasteiger partial charge in [-0.15, -0.1) is 0 Å². The van der Waals surface area contributed by atoms with Crippen LogP contribution in [0.25, 0.3) is 5.69 Å². The van der Waals surface area contributed by atoms with Crippen LogP contribution >= 0.6 is 0 Å². The number of nitrogens with one attached hydrogen (secondary N) is 1. The Kier molecular flexibility index (Phi) is 4.32. The molecule has 0 saturated carbocycles. The van der Waals surface area contributed by atoms with E-state index in [2.05, 4.69) is 17.3 Å². The average molecular weight is 261 g/mol. The largest absolute Gasteiger partial charge is 0.310 e. The molecule has 1 aromatic carbocycles. The molecule has 1 atom stereocenters. The van der Waals surface area contributed by atoms with Crippen molar-refractivity contribution in [3.05, 3.63) is 47.5 Å². The molecule has 1 aromatic heterocycles. The highest BCUT2D eigenvalue weighted by molar-refractivity contribution is 5.37. The molecule has 0 fully saturated rings. The third-order valence-electron chi connectivity index (χ3n) is 3.13. The summed E-state index contributed by atoms with van der Waals surface area (Å²) in [5.41, 5.74) is 2.46. The average Bonchev–Trinajstić information content (AvgIpc) is 2.82. The normalized spacial score (nSPS) is 12.6. The summed E-state index contributed by atoms with van der Waals surface area (Å²) in [5.74, 6) is -0.245.